The molecule has 4 heteroatoms. The molecule has 0 radical (unpaired) electrons. The molecule has 0 spiro atoms. The second-order valence-corrected chi connectivity index (χ2v) is 2.89. The molecule has 0 aliphatic rings. The summed E-state index contributed by atoms with van der Waals surface area (Å²) in [6.45, 7) is 0. The molecule has 0 amide bonds. The van der Waals surface area contributed by atoms with Gasteiger partial charge in [-0.1, -0.05) is 34.8 Å². The lowest BCUT2D eigenvalue weighted by molar-refractivity contribution is 1.21. The number of hydrogen-bond donors (Lipinski definition) is 0. The summed E-state index contributed by atoms with van der Waals surface area (Å²) < 4.78 is 0.104. The van der Waals surface area contributed by atoms with Crippen molar-refractivity contribution >= 4 is 46.4 Å². The third-order valence-corrected chi connectivity index (χ3v) is 1.74. The summed E-state index contributed by atoms with van der Waals surface area (Å²) >= 11 is 21.3. The molecule has 0 nitrogen and oxygen atoms in total. The van der Waals surface area contributed by atoms with Crippen LogP contribution < -0.4 is 0 Å². The van der Waals surface area contributed by atoms with Crippen LogP contribution in [-0.2, 0) is 0 Å². The van der Waals surface area contributed by atoms with Gasteiger partial charge in [-0.25, -0.2) is 0 Å². The molecule has 0 aliphatic heterocycles. The van der Waals surface area contributed by atoms with Gasteiger partial charge in [-0.3, -0.25) is 0 Å². The molecule has 0 saturated carbocycles. The monoisotopic (exact) mass is 192 g/mol. The average molecular weight is 194 g/mol. The van der Waals surface area contributed by atoms with E-state index in [-0.39, 0.29) is 4.49 Å². The van der Waals surface area contributed by atoms with Crippen LogP contribution in [-0.4, -0.2) is 5.88 Å². The second kappa shape index (κ2) is 4.75. The Balaban J connectivity index is 3.62. The van der Waals surface area contributed by atoms with Crippen molar-refractivity contribution in [3.05, 3.63) is 9.52 Å². The second-order valence-electron chi connectivity index (χ2n) is 1.10. The van der Waals surface area contributed by atoms with Crippen LogP contribution in [0.3, 0.4) is 0 Å². The maximum Gasteiger partial charge on any atom is 0.121 e. The van der Waals surface area contributed by atoms with Crippen molar-refractivity contribution in [1.82, 2.24) is 0 Å². The fraction of sp³-hybridized carbons (Fsp3) is 0.500. The Bertz CT molecular complexity index is 92.2. The fourth-order valence-corrected chi connectivity index (χ4v) is 0.747. The zero-order valence-corrected chi connectivity index (χ0v) is 6.95. The first kappa shape index (κ1) is 8.90. The van der Waals surface area contributed by atoms with Crippen LogP contribution in [0.1, 0.15) is 6.42 Å². The van der Waals surface area contributed by atoms with Gasteiger partial charge in [0.2, 0.25) is 0 Å². The number of halogens is 4. The van der Waals surface area contributed by atoms with Gasteiger partial charge >= 0.3 is 0 Å². The van der Waals surface area contributed by atoms with Gasteiger partial charge in [-0.2, -0.15) is 0 Å². The van der Waals surface area contributed by atoms with Gasteiger partial charge < -0.3 is 0 Å². The molecule has 0 aromatic heterocycles. The third-order valence-electron chi connectivity index (χ3n) is 0.519. The molecule has 0 unspecified atom stereocenters. The Kier molecular flexibility index (Phi) is 5.28. The van der Waals surface area contributed by atoms with E-state index in [0.717, 1.165) is 0 Å². The maximum absolute atomic E-state index is 5.45. The SMILES string of the molecule is ClCCC(Cl)=C(Cl)Cl. The molecule has 0 saturated heterocycles. The van der Waals surface area contributed by atoms with E-state index in [1.165, 1.54) is 0 Å². The topological polar surface area (TPSA) is 0 Å². The normalized spacial score (nSPS) is 9.00. The molecule has 0 N–H and O–H groups in total. The lowest BCUT2D eigenvalue weighted by Crippen LogP contribution is -1.74. The number of rotatable bonds is 2. The van der Waals surface area contributed by atoms with Crippen LogP contribution in [0, 0.1) is 0 Å². The number of allylic oxidation sites excluding steroid dienone is 1. The quantitative estimate of drug-likeness (QED) is 0.590. The van der Waals surface area contributed by atoms with Crippen molar-refractivity contribution in [2.45, 2.75) is 6.42 Å². The fourth-order valence-electron chi connectivity index (χ4n) is 0.177. The van der Waals surface area contributed by atoms with Gasteiger partial charge in [0.25, 0.3) is 0 Å². The Labute approximate surface area is 68.4 Å². The van der Waals surface area contributed by atoms with Crippen molar-refractivity contribution in [1.29, 1.82) is 0 Å². The number of hydrogen-bond acceptors (Lipinski definition) is 0. The van der Waals surface area contributed by atoms with Gasteiger partial charge in [-0.15, -0.1) is 11.6 Å². The molecule has 0 atom stereocenters. The summed E-state index contributed by atoms with van der Waals surface area (Å²) in [4.78, 5) is 0. The number of alkyl halides is 1. The first-order valence-corrected chi connectivity index (χ1v) is 3.61. The largest absolute Gasteiger partial charge is 0.126 e. The molecular weight excluding hydrogens is 190 g/mol. The van der Waals surface area contributed by atoms with Gasteiger partial charge in [0.15, 0.2) is 0 Å². The maximum atomic E-state index is 5.45. The van der Waals surface area contributed by atoms with E-state index in [9.17, 15) is 0 Å². The zero-order valence-electron chi connectivity index (χ0n) is 3.93. The Morgan fingerprint density at radius 1 is 1.12 bits per heavy atom. The van der Waals surface area contributed by atoms with Crippen molar-refractivity contribution in [3.63, 3.8) is 0 Å². The first-order chi connectivity index (χ1) is 3.68. The van der Waals surface area contributed by atoms with Gasteiger partial charge in [0.05, 0.1) is 0 Å². The molecule has 0 rings (SSSR count). The summed E-state index contributed by atoms with van der Waals surface area (Å²) in [5, 5.41) is 0.420. The van der Waals surface area contributed by atoms with E-state index >= 15 is 0 Å². The molecule has 48 valence electrons. The third kappa shape index (κ3) is 3.85. The standard InChI is InChI=1S/C4H4Cl4/c5-2-1-3(6)4(7)8/h1-2H2. The van der Waals surface area contributed by atoms with E-state index in [1.807, 2.05) is 0 Å². The minimum Gasteiger partial charge on any atom is -0.126 e. The summed E-state index contributed by atoms with van der Waals surface area (Å²) in [7, 11) is 0. The van der Waals surface area contributed by atoms with Crippen molar-refractivity contribution in [2.75, 3.05) is 5.88 Å². The van der Waals surface area contributed by atoms with Crippen molar-refractivity contribution in [2.24, 2.45) is 0 Å². The molecule has 0 aromatic carbocycles. The highest BCUT2D eigenvalue weighted by atomic mass is 35.5. The zero-order chi connectivity index (χ0) is 6.57. The highest BCUT2D eigenvalue weighted by Crippen LogP contribution is 2.20. The van der Waals surface area contributed by atoms with Crippen LogP contribution in [0.2, 0.25) is 0 Å². The molecular formula is C4H4Cl4. The minimum absolute atomic E-state index is 0.104. The van der Waals surface area contributed by atoms with Crippen LogP contribution >= 0.6 is 46.4 Å². The summed E-state index contributed by atoms with van der Waals surface area (Å²) in [5.74, 6) is 0.446. The summed E-state index contributed by atoms with van der Waals surface area (Å²) in [6, 6.07) is 0. The summed E-state index contributed by atoms with van der Waals surface area (Å²) in [5.41, 5.74) is 0. The molecule has 0 heterocycles. The Hall–Kier alpha value is 0.900. The summed E-state index contributed by atoms with van der Waals surface area (Å²) in [6.07, 6.45) is 0.533. The van der Waals surface area contributed by atoms with E-state index in [1.54, 1.807) is 0 Å². The van der Waals surface area contributed by atoms with Gasteiger partial charge in [0.1, 0.15) is 4.49 Å². The smallest absolute Gasteiger partial charge is 0.121 e. The van der Waals surface area contributed by atoms with Crippen LogP contribution in [0.5, 0.6) is 0 Å². The van der Waals surface area contributed by atoms with Gasteiger partial charge in [0, 0.05) is 10.9 Å². The van der Waals surface area contributed by atoms with Crippen LogP contribution in [0.4, 0.5) is 0 Å². The van der Waals surface area contributed by atoms with Crippen LogP contribution in [0.15, 0.2) is 9.52 Å². The lowest BCUT2D eigenvalue weighted by Gasteiger charge is -1.90. The predicted molar refractivity (Wildman–Crippen MR) is 39.9 cm³/mol. The van der Waals surface area contributed by atoms with Crippen LogP contribution in [0.25, 0.3) is 0 Å². The molecule has 0 aromatic rings. The van der Waals surface area contributed by atoms with E-state index < -0.39 is 0 Å². The Morgan fingerprint density at radius 3 is 1.75 bits per heavy atom. The van der Waals surface area contributed by atoms with Gasteiger partial charge in [-0.05, 0) is 6.42 Å². The first-order valence-electron chi connectivity index (χ1n) is 1.94. The highest BCUT2D eigenvalue weighted by Gasteiger charge is 1.95. The minimum atomic E-state index is 0.104. The lowest BCUT2D eigenvalue weighted by atomic mass is 10.5. The highest BCUT2D eigenvalue weighted by molar-refractivity contribution is 6.59. The van der Waals surface area contributed by atoms with E-state index in [0.29, 0.717) is 17.3 Å². The van der Waals surface area contributed by atoms with Crippen molar-refractivity contribution < 1.29 is 0 Å². The molecule has 0 aliphatic carbocycles. The van der Waals surface area contributed by atoms with Crippen molar-refractivity contribution in [3.8, 4) is 0 Å². The molecule has 8 heavy (non-hydrogen) atoms. The average Bonchev–Trinajstić information content (AvgIpc) is 1.67. The van der Waals surface area contributed by atoms with E-state index in [2.05, 4.69) is 0 Å². The predicted octanol–water partition coefficient (Wildman–Crippen LogP) is 3.50. The molecule has 0 fully saturated rings. The molecule has 0 bridgehead atoms. The van der Waals surface area contributed by atoms with E-state index in [4.69, 9.17) is 46.4 Å². The Morgan fingerprint density at radius 2 is 1.62 bits per heavy atom.